The smallest absolute Gasteiger partial charge is 0.304 e. The number of ketones is 1. The van der Waals surface area contributed by atoms with E-state index in [0.717, 1.165) is 31.0 Å². The van der Waals surface area contributed by atoms with Crippen molar-refractivity contribution in [1.82, 2.24) is 0 Å². The number of halogens is 2. The average molecular weight is 604 g/mol. The van der Waals surface area contributed by atoms with Crippen LogP contribution in [0.4, 0.5) is 11.4 Å². The van der Waals surface area contributed by atoms with Crippen LogP contribution in [0, 0.1) is 11.8 Å². The van der Waals surface area contributed by atoms with Gasteiger partial charge in [-0.1, -0.05) is 66.2 Å². The summed E-state index contributed by atoms with van der Waals surface area (Å²) in [5, 5.41) is 7.39. The topological polar surface area (TPSA) is 83.6 Å². The summed E-state index contributed by atoms with van der Waals surface area (Å²) in [5.74, 6) is 0.666. The predicted molar refractivity (Wildman–Crippen MR) is 162 cm³/mol. The molecule has 1 aliphatic heterocycles. The SMILES string of the molecule is CCCCC(CC)CN1C(=O)C(=O)c2sccc21.CCCCC(CC)CNc1ccsc1.O=C(Cl)C(=O)Cl. The summed E-state index contributed by atoms with van der Waals surface area (Å²) < 4.78 is 0. The van der Waals surface area contributed by atoms with Gasteiger partial charge in [0.1, 0.15) is 4.88 Å². The average Bonchev–Trinajstić information content (AvgIpc) is 3.65. The van der Waals surface area contributed by atoms with E-state index in [9.17, 15) is 19.2 Å². The lowest BCUT2D eigenvalue weighted by Gasteiger charge is -2.22. The van der Waals surface area contributed by atoms with Gasteiger partial charge in [-0.3, -0.25) is 19.2 Å². The minimum absolute atomic E-state index is 0.328. The molecule has 0 saturated carbocycles. The number of amides is 1. The summed E-state index contributed by atoms with van der Waals surface area (Å²) in [7, 11) is 0. The Balaban J connectivity index is 0.000000321. The van der Waals surface area contributed by atoms with Crippen LogP contribution in [0.1, 0.15) is 88.7 Å². The van der Waals surface area contributed by atoms with E-state index in [1.54, 1.807) is 16.2 Å². The Morgan fingerprint density at radius 2 is 1.53 bits per heavy atom. The summed E-state index contributed by atoms with van der Waals surface area (Å²) in [6, 6.07) is 4.03. The highest BCUT2D eigenvalue weighted by Crippen LogP contribution is 2.34. The Labute approximate surface area is 245 Å². The van der Waals surface area contributed by atoms with E-state index in [-0.39, 0.29) is 11.7 Å². The molecular weight excluding hydrogens is 563 g/mol. The fraction of sp³-hybridized carbons (Fsp3) is 0.571. The van der Waals surface area contributed by atoms with E-state index < -0.39 is 10.5 Å². The lowest BCUT2D eigenvalue weighted by Crippen LogP contribution is -2.34. The fourth-order valence-corrected chi connectivity index (χ4v) is 5.38. The van der Waals surface area contributed by atoms with Crippen LogP contribution in [-0.4, -0.2) is 35.3 Å². The maximum atomic E-state index is 11.9. The molecule has 2 unspecified atom stereocenters. The Morgan fingerprint density at radius 1 is 0.921 bits per heavy atom. The first-order chi connectivity index (χ1) is 18.2. The summed E-state index contributed by atoms with van der Waals surface area (Å²) in [6.45, 7) is 10.7. The monoisotopic (exact) mass is 602 g/mol. The van der Waals surface area contributed by atoms with Crippen LogP contribution >= 0.6 is 45.9 Å². The molecule has 2 aromatic rings. The van der Waals surface area contributed by atoms with E-state index in [0.29, 0.717) is 17.3 Å². The molecule has 0 radical (unpaired) electrons. The van der Waals surface area contributed by atoms with Gasteiger partial charge in [-0.2, -0.15) is 11.3 Å². The quantitative estimate of drug-likeness (QED) is 0.173. The molecule has 1 aliphatic rings. The zero-order valence-electron chi connectivity index (χ0n) is 22.8. The van der Waals surface area contributed by atoms with E-state index in [1.165, 1.54) is 55.5 Å². The first-order valence-corrected chi connectivity index (χ1v) is 15.9. The van der Waals surface area contributed by atoms with Gasteiger partial charge in [-0.25, -0.2) is 0 Å². The molecule has 6 nitrogen and oxygen atoms in total. The molecule has 3 rings (SSSR count). The number of fused-ring (bicyclic) bond motifs is 1. The second kappa shape index (κ2) is 19.3. The van der Waals surface area contributed by atoms with Gasteiger partial charge >= 0.3 is 10.5 Å². The third kappa shape index (κ3) is 12.0. The van der Waals surface area contributed by atoms with Gasteiger partial charge in [0.15, 0.2) is 0 Å². The summed E-state index contributed by atoms with van der Waals surface area (Å²) in [5.41, 5.74) is 2.11. The Morgan fingerprint density at radius 3 is 2.03 bits per heavy atom. The number of thiophene rings is 2. The maximum absolute atomic E-state index is 11.9. The predicted octanol–water partition coefficient (Wildman–Crippen LogP) is 8.39. The normalized spacial score (nSPS) is 13.6. The molecule has 2 aromatic heterocycles. The molecule has 10 heteroatoms. The van der Waals surface area contributed by atoms with Crippen molar-refractivity contribution in [3.05, 3.63) is 33.2 Å². The highest BCUT2D eigenvalue weighted by Gasteiger charge is 2.37. The van der Waals surface area contributed by atoms with Gasteiger partial charge in [0.25, 0.3) is 11.7 Å². The number of nitrogens with one attached hydrogen (secondary N) is 1. The molecule has 0 fully saturated rings. The number of nitrogens with zero attached hydrogens (tertiary/aromatic N) is 1. The van der Waals surface area contributed by atoms with Gasteiger partial charge in [-0.15, -0.1) is 11.3 Å². The van der Waals surface area contributed by atoms with Gasteiger partial charge in [-0.05, 0) is 70.8 Å². The minimum atomic E-state index is -1.14. The third-order valence-corrected chi connectivity index (χ3v) is 8.40. The zero-order valence-corrected chi connectivity index (χ0v) is 25.9. The molecule has 3 heterocycles. The van der Waals surface area contributed by atoms with Gasteiger partial charge in [0.05, 0.1) is 5.69 Å². The highest BCUT2D eigenvalue weighted by molar-refractivity contribution is 7.14. The number of Topliss-reactive ketones (excluding diaryl/α,β-unsaturated/α-hetero) is 1. The molecule has 0 spiro atoms. The highest BCUT2D eigenvalue weighted by atomic mass is 35.5. The molecule has 1 amide bonds. The molecule has 212 valence electrons. The molecule has 0 saturated heterocycles. The van der Waals surface area contributed by atoms with Crippen molar-refractivity contribution in [3.63, 3.8) is 0 Å². The van der Waals surface area contributed by atoms with Crippen LogP contribution in [0.2, 0.25) is 0 Å². The van der Waals surface area contributed by atoms with Crippen LogP contribution in [0.15, 0.2) is 28.3 Å². The van der Waals surface area contributed by atoms with Crippen LogP contribution in [0.25, 0.3) is 0 Å². The summed E-state index contributed by atoms with van der Waals surface area (Å²) in [4.78, 5) is 44.9. The van der Waals surface area contributed by atoms with Crippen molar-refractivity contribution in [2.45, 2.75) is 79.1 Å². The second-order valence-electron chi connectivity index (χ2n) is 9.15. The number of unbranched alkanes of at least 4 members (excludes halogenated alkanes) is 2. The number of anilines is 2. The molecule has 0 aromatic carbocycles. The molecule has 1 N–H and O–H groups in total. The lowest BCUT2D eigenvalue weighted by atomic mass is 9.99. The van der Waals surface area contributed by atoms with Crippen LogP contribution in [-0.2, 0) is 14.4 Å². The zero-order chi connectivity index (χ0) is 28.5. The number of hydrogen-bond acceptors (Lipinski definition) is 7. The standard InChI is InChI=1S/C14H19NO2S.C12H21NS.C2Cl2O2/c1-3-5-6-10(4-2)9-15-11-7-8-18-13(11)12(16)14(15)17;1-3-5-6-11(4-2)9-13-12-7-8-14-10-12;3-1(5)2(4)6/h7-8,10H,3-6,9H2,1-2H3;7-8,10-11,13H,3-6,9H2,1-2H3;. The largest absolute Gasteiger partial charge is 0.384 e. The van der Waals surface area contributed by atoms with Crippen molar-refractivity contribution in [1.29, 1.82) is 0 Å². The molecule has 38 heavy (non-hydrogen) atoms. The van der Waals surface area contributed by atoms with Gasteiger partial charge in [0, 0.05) is 24.2 Å². The summed E-state index contributed by atoms with van der Waals surface area (Å²) in [6.07, 6.45) is 9.87. The second-order valence-corrected chi connectivity index (χ2v) is 11.5. The molecule has 0 aliphatic carbocycles. The maximum Gasteiger partial charge on any atom is 0.304 e. The lowest BCUT2D eigenvalue weighted by molar-refractivity contribution is -0.127. The molecule has 0 bridgehead atoms. The van der Waals surface area contributed by atoms with Crippen molar-refractivity contribution in [2.24, 2.45) is 11.8 Å². The van der Waals surface area contributed by atoms with Crippen LogP contribution in [0.3, 0.4) is 0 Å². The van der Waals surface area contributed by atoms with E-state index in [1.807, 2.05) is 11.4 Å². The van der Waals surface area contributed by atoms with Crippen molar-refractivity contribution < 1.29 is 19.2 Å². The van der Waals surface area contributed by atoms with Crippen LogP contribution < -0.4 is 10.2 Å². The fourth-order valence-electron chi connectivity index (χ4n) is 3.94. The molecule has 2 atom stereocenters. The van der Waals surface area contributed by atoms with Gasteiger partial charge in [0.2, 0.25) is 0 Å². The van der Waals surface area contributed by atoms with E-state index in [4.69, 9.17) is 0 Å². The Hall–Kier alpha value is -1.74. The Bertz CT molecular complexity index is 983. The van der Waals surface area contributed by atoms with Crippen molar-refractivity contribution >= 4 is 79.4 Å². The van der Waals surface area contributed by atoms with Crippen LogP contribution in [0.5, 0.6) is 0 Å². The van der Waals surface area contributed by atoms with E-state index in [2.05, 4.69) is 73.0 Å². The van der Waals surface area contributed by atoms with Gasteiger partial charge < -0.3 is 10.2 Å². The van der Waals surface area contributed by atoms with E-state index >= 15 is 0 Å². The summed E-state index contributed by atoms with van der Waals surface area (Å²) >= 11 is 12.1. The van der Waals surface area contributed by atoms with Crippen molar-refractivity contribution in [2.75, 3.05) is 23.3 Å². The Kier molecular flexibility index (Phi) is 17.5. The minimum Gasteiger partial charge on any atom is -0.384 e. The number of carbonyl (C=O) groups excluding carboxylic acids is 4. The number of rotatable bonds is 14. The number of hydrogen-bond donors (Lipinski definition) is 1. The third-order valence-electron chi connectivity index (χ3n) is 6.38. The number of carbonyl (C=O) groups is 4. The first-order valence-electron chi connectivity index (χ1n) is 13.3. The first kappa shape index (κ1) is 34.3. The van der Waals surface area contributed by atoms with Crippen molar-refractivity contribution in [3.8, 4) is 0 Å². The molecular formula is C28H40Cl2N2O4S2.